The molecule has 0 saturated carbocycles. The summed E-state index contributed by atoms with van der Waals surface area (Å²) in [7, 11) is -4.16. The van der Waals surface area contributed by atoms with Gasteiger partial charge in [0, 0.05) is 6.08 Å². The zero-order valence-corrected chi connectivity index (χ0v) is 26.5. The van der Waals surface area contributed by atoms with Crippen molar-refractivity contribution in [3.8, 4) is 11.1 Å². The van der Waals surface area contributed by atoms with Crippen LogP contribution in [0.25, 0.3) is 11.1 Å². The maximum Gasteiger partial charge on any atom is 0.330 e. The quantitative estimate of drug-likeness (QED) is 0.0650. The second-order valence-corrected chi connectivity index (χ2v) is 20.0. The van der Waals surface area contributed by atoms with Gasteiger partial charge in [-0.3, -0.25) is 0 Å². The second-order valence-electron chi connectivity index (χ2n) is 11.4. The van der Waals surface area contributed by atoms with E-state index in [0.717, 1.165) is 12.5 Å². The van der Waals surface area contributed by atoms with Crippen LogP contribution in [0.3, 0.4) is 0 Å². The summed E-state index contributed by atoms with van der Waals surface area (Å²) in [4.78, 5) is 11.3. The molecule has 0 radical (unpaired) electrons. The largest absolute Gasteiger partial charge is 0.463 e. The van der Waals surface area contributed by atoms with E-state index in [1.165, 1.54) is 43.1 Å². The summed E-state index contributed by atoms with van der Waals surface area (Å²) in [6, 6.07) is 52.5. The van der Waals surface area contributed by atoms with Gasteiger partial charge in [-0.05, 0) is 38.3 Å². The van der Waals surface area contributed by atoms with Crippen molar-refractivity contribution in [3.05, 3.63) is 152 Å². The van der Waals surface area contributed by atoms with E-state index in [1.807, 2.05) is 0 Å². The molecule has 0 aliphatic carbocycles. The van der Waals surface area contributed by atoms with Crippen LogP contribution < -0.4 is 25.9 Å². The molecular weight excluding hydrogens is 545 g/mol. The molecule has 0 unspecified atom stereocenters. The second kappa shape index (κ2) is 13.2. The highest BCUT2D eigenvalue weighted by atomic mass is 28.3. The van der Waals surface area contributed by atoms with E-state index in [2.05, 4.69) is 159 Å². The van der Waals surface area contributed by atoms with Crippen molar-refractivity contribution in [1.82, 2.24) is 0 Å². The number of carbonyl (C=O) groups excluding carboxylic acids is 1. The fraction of sp³-hybridized carbons (Fsp3) is 0.132. The van der Waals surface area contributed by atoms with Gasteiger partial charge in [0.25, 0.3) is 0 Å². The zero-order chi connectivity index (χ0) is 29.4. The Kier molecular flexibility index (Phi) is 9.16. The molecular formula is C38H38O2Si2. The third kappa shape index (κ3) is 6.15. The van der Waals surface area contributed by atoms with E-state index in [-0.39, 0.29) is 5.97 Å². The number of rotatable bonds is 11. The summed E-state index contributed by atoms with van der Waals surface area (Å²) in [5.74, 6) is -0.346. The van der Waals surface area contributed by atoms with Crippen molar-refractivity contribution >= 4 is 48.1 Å². The lowest BCUT2D eigenvalue weighted by molar-refractivity contribution is -0.137. The summed E-state index contributed by atoms with van der Waals surface area (Å²) in [6.07, 6.45) is 2.10. The number of hydrogen-bond acceptors (Lipinski definition) is 2. The van der Waals surface area contributed by atoms with Gasteiger partial charge in [0.2, 0.25) is 0 Å². The Morgan fingerprint density at radius 1 is 0.595 bits per heavy atom. The molecule has 5 aromatic carbocycles. The van der Waals surface area contributed by atoms with E-state index in [1.54, 1.807) is 0 Å². The van der Waals surface area contributed by atoms with Crippen molar-refractivity contribution in [2.75, 3.05) is 6.61 Å². The lowest BCUT2D eigenvalue weighted by Crippen LogP contribution is -2.74. The summed E-state index contributed by atoms with van der Waals surface area (Å²) in [5, 5.41) is 6.93. The standard InChI is InChI=1S/C38H38O2Si2/c1-4-38(39)40-29-14-30-41(2,3)33-25-21-31(22-26-33)32-23-27-37(28-24-32)42(34-15-8-5-9-16-34,35-17-10-6-11-18-35)36-19-12-7-13-20-36/h4-13,15-28H,1,14,29-30H2,2-3H3. The van der Waals surface area contributed by atoms with Crippen molar-refractivity contribution in [2.45, 2.75) is 25.6 Å². The number of carbonyl (C=O) groups is 1. The molecule has 42 heavy (non-hydrogen) atoms. The van der Waals surface area contributed by atoms with Crippen LogP contribution in [0.1, 0.15) is 6.42 Å². The van der Waals surface area contributed by atoms with E-state index in [4.69, 9.17) is 4.74 Å². The topological polar surface area (TPSA) is 26.3 Å². The molecule has 0 spiro atoms. The number of ether oxygens (including phenoxy) is 1. The van der Waals surface area contributed by atoms with Crippen LogP contribution in [-0.2, 0) is 9.53 Å². The molecule has 0 atom stereocenters. The van der Waals surface area contributed by atoms with Crippen LogP contribution in [0.5, 0.6) is 0 Å². The van der Waals surface area contributed by atoms with Gasteiger partial charge in [-0.25, -0.2) is 4.79 Å². The minimum atomic E-state index is -2.51. The van der Waals surface area contributed by atoms with Crippen molar-refractivity contribution in [3.63, 3.8) is 0 Å². The maximum atomic E-state index is 11.3. The Morgan fingerprint density at radius 2 is 0.976 bits per heavy atom. The highest BCUT2D eigenvalue weighted by molar-refractivity contribution is 7.19. The molecule has 0 aromatic heterocycles. The van der Waals surface area contributed by atoms with Crippen molar-refractivity contribution in [1.29, 1.82) is 0 Å². The van der Waals surface area contributed by atoms with Gasteiger partial charge in [-0.1, -0.05) is 170 Å². The molecule has 0 fully saturated rings. The first-order valence-corrected chi connectivity index (χ1v) is 19.8. The summed E-state index contributed by atoms with van der Waals surface area (Å²) in [5.41, 5.74) is 2.44. The molecule has 4 heteroatoms. The lowest BCUT2D eigenvalue weighted by atomic mass is 10.1. The molecule has 210 valence electrons. The SMILES string of the molecule is C=CC(=O)OCCC[Si](C)(C)c1ccc(-c2ccc([Si](c3ccccc3)(c3ccccc3)c3ccccc3)cc2)cc1. The first-order chi connectivity index (χ1) is 20.4. The average molecular weight is 583 g/mol. The highest BCUT2D eigenvalue weighted by Crippen LogP contribution is 2.21. The minimum Gasteiger partial charge on any atom is -0.463 e. The first kappa shape index (κ1) is 29.2. The molecule has 0 bridgehead atoms. The van der Waals surface area contributed by atoms with Crippen molar-refractivity contribution in [2.24, 2.45) is 0 Å². The van der Waals surface area contributed by atoms with E-state index in [0.29, 0.717) is 6.61 Å². The van der Waals surface area contributed by atoms with E-state index >= 15 is 0 Å². The van der Waals surface area contributed by atoms with Gasteiger partial charge < -0.3 is 4.74 Å². The normalized spacial score (nSPS) is 11.6. The number of esters is 1. The molecule has 2 nitrogen and oxygen atoms in total. The third-order valence-corrected chi connectivity index (χ3v) is 16.6. The maximum absolute atomic E-state index is 11.3. The van der Waals surface area contributed by atoms with Gasteiger partial charge >= 0.3 is 5.97 Å². The molecule has 0 heterocycles. The Bertz CT molecular complexity index is 1500. The van der Waals surface area contributed by atoms with E-state index in [9.17, 15) is 4.79 Å². The first-order valence-electron chi connectivity index (χ1n) is 14.6. The molecule has 0 amide bonds. The summed E-state index contributed by atoms with van der Waals surface area (Å²) in [6.45, 7) is 8.68. The molecule has 0 aliphatic heterocycles. The van der Waals surface area contributed by atoms with Gasteiger partial charge in [0.15, 0.2) is 8.07 Å². The van der Waals surface area contributed by atoms with Crippen LogP contribution in [-0.4, -0.2) is 28.7 Å². The van der Waals surface area contributed by atoms with Gasteiger partial charge in [0.1, 0.15) is 0 Å². The lowest BCUT2D eigenvalue weighted by Gasteiger charge is -2.34. The number of hydrogen-bond donors (Lipinski definition) is 0. The van der Waals surface area contributed by atoms with Gasteiger partial charge in [-0.15, -0.1) is 0 Å². The van der Waals surface area contributed by atoms with Crippen LogP contribution >= 0.6 is 0 Å². The Morgan fingerprint density at radius 3 is 1.38 bits per heavy atom. The molecule has 0 saturated heterocycles. The molecule has 0 N–H and O–H groups in total. The third-order valence-electron chi connectivity index (χ3n) is 8.30. The van der Waals surface area contributed by atoms with Crippen LogP contribution in [0.15, 0.2) is 152 Å². The zero-order valence-electron chi connectivity index (χ0n) is 24.5. The summed E-state index contributed by atoms with van der Waals surface area (Å²) >= 11 is 0. The predicted octanol–water partition coefficient (Wildman–Crippen LogP) is 5.77. The van der Waals surface area contributed by atoms with Crippen LogP contribution in [0.2, 0.25) is 19.1 Å². The molecule has 5 rings (SSSR count). The Hall–Kier alpha value is -4.26. The number of benzene rings is 5. The van der Waals surface area contributed by atoms with Gasteiger partial charge in [-0.2, -0.15) is 0 Å². The monoisotopic (exact) mass is 582 g/mol. The molecule has 0 aliphatic rings. The summed E-state index contributed by atoms with van der Waals surface area (Å²) < 4.78 is 5.19. The van der Waals surface area contributed by atoms with Crippen molar-refractivity contribution < 1.29 is 9.53 Å². The predicted molar refractivity (Wildman–Crippen MR) is 183 cm³/mol. The van der Waals surface area contributed by atoms with Crippen LogP contribution in [0, 0.1) is 0 Å². The fourth-order valence-corrected chi connectivity index (χ4v) is 13.1. The smallest absolute Gasteiger partial charge is 0.330 e. The Balaban J connectivity index is 1.47. The Labute approximate surface area is 252 Å². The minimum absolute atomic E-state index is 0.346. The highest BCUT2D eigenvalue weighted by Gasteiger charge is 2.41. The van der Waals surface area contributed by atoms with Crippen LogP contribution in [0.4, 0.5) is 0 Å². The van der Waals surface area contributed by atoms with E-state index < -0.39 is 16.1 Å². The average Bonchev–Trinajstić information content (AvgIpc) is 3.05. The molecule has 5 aromatic rings. The fourth-order valence-electron chi connectivity index (χ4n) is 5.98. The van der Waals surface area contributed by atoms with Gasteiger partial charge in [0.05, 0.1) is 14.7 Å².